The number of nitrogens with zero attached hydrogens (tertiary/aromatic N) is 1. The van der Waals surface area contributed by atoms with E-state index >= 15 is 0 Å². The van der Waals surface area contributed by atoms with Crippen molar-refractivity contribution >= 4 is 11.6 Å². The maximum absolute atomic E-state index is 8.81. The van der Waals surface area contributed by atoms with E-state index in [0.29, 0.717) is 10.6 Å². The van der Waals surface area contributed by atoms with Gasteiger partial charge in [-0.25, -0.2) is 0 Å². The minimum Gasteiger partial charge on any atom is -0.192 e. The fraction of sp³-hybridized carbons (Fsp3) is 0.133. The van der Waals surface area contributed by atoms with Crippen LogP contribution in [0, 0.1) is 25.2 Å². The summed E-state index contributed by atoms with van der Waals surface area (Å²) in [6.45, 7) is 4.13. The van der Waals surface area contributed by atoms with Crippen LogP contribution in [0.2, 0.25) is 5.02 Å². The average molecular weight is 242 g/mol. The lowest BCUT2D eigenvalue weighted by atomic mass is 9.98. The Balaban J connectivity index is 2.58. The first kappa shape index (κ1) is 11.7. The Labute approximate surface area is 106 Å². The number of hydrogen-bond acceptors (Lipinski definition) is 1. The highest BCUT2D eigenvalue weighted by Gasteiger charge is 2.07. The summed E-state index contributed by atoms with van der Waals surface area (Å²) in [5.74, 6) is 0. The number of benzene rings is 2. The summed E-state index contributed by atoms with van der Waals surface area (Å²) in [4.78, 5) is 0. The quantitative estimate of drug-likeness (QED) is 0.721. The summed E-state index contributed by atoms with van der Waals surface area (Å²) in [5.41, 5.74) is 5.10. The van der Waals surface area contributed by atoms with Crippen molar-refractivity contribution in [3.05, 3.63) is 58.1 Å². The van der Waals surface area contributed by atoms with Crippen molar-refractivity contribution in [1.82, 2.24) is 0 Å². The van der Waals surface area contributed by atoms with E-state index in [2.05, 4.69) is 38.1 Å². The zero-order valence-electron chi connectivity index (χ0n) is 9.79. The molecule has 2 rings (SSSR count). The predicted octanol–water partition coefficient (Wildman–Crippen LogP) is 4.50. The van der Waals surface area contributed by atoms with E-state index in [4.69, 9.17) is 16.9 Å². The van der Waals surface area contributed by atoms with Crippen molar-refractivity contribution < 1.29 is 0 Å². The zero-order valence-corrected chi connectivity index (χ0v) is 10.5. The van der Waals surface area contributed by atoms with E-state index in [1.807, 2.05) is 6.07 Å². The SMILES string of the molecule is Cc1ccc(-c2ccc(C#N)cc2Cl)c(C)c1. The van der Waals surface area contributed by atoms with Crippen LogP contribution in [0.15, 0.2) is 36.4 Å². The zero-order chi connectivity index (χ0) is 12.4. The average Bonchev–Trinajstić information content (AvgIpc) is 2.30. The fourth-order valence-corrected chi connectivity index (χ4v) is 2.20. The molecule has 0 radical (unpaired) electrons. The molecular weight excluding hydrogens is 230 g/mol. The highest BCUT2D eigenvalue weighted by atomic mass is 35.5. The van der Waals surface area contributed by atoms with E-state index in [-0.39, 0.29) is 0 Å². The van der Waals surface area contributed by atoms with Crippen molar-refractivity contribution in [3.8, 4) is 17.2 Å². The molecule has 0 aliphatic carbocycles. The lowest BCUT2D eigenvalue weighted by molar-refractivity contribution is 1.38. The van der Waals surface area contributed by atoms with E-state index < -0.39 is 0 Å². The first-order chi connectivity index (χ1) is 8.11. The molecule has 0 atom stereocenters. The van der Waals surface area contributed by atoms with Gasteiger partial charge in [0.05, 0.1) is 11.6 Å². The van der Waals surface area contributed by atoms with Gasteiger partial charge in [0.1, 0.15) is 0 Å². The second-order valence-electron chi connectivity index (χ2n) is 4.12. The number of halogens is 1. The molecule has 0 aromatic heterocycles. The smallest absolute Gasteiger partial charge is 0.0992 e. The van der Waals surface area contributed by atoms with Crippen molar-refractivity contribution in [2.75, 3.05) is 0 Å². The van der Waals surface area contributed by atoms with Gasteiger partial charge in [0.25, 0.3) is 0 Å². The van der Waals surface area contributed by atoms with Crippen LogP contribution in [0.1, 0.15) is 16.7 Å². The van der Waals surface area contributed by atoms with Crippen LogP contribution in [0.25, 0.3) is 11.1 Å². The molecule has 0 heterocycles. The molecule has 2 aromatic carbocycles. The maximum atomic E-state index is 8.81. The van der Waals surface area contributed by atoms with E-state index in [9.17, 15) is 0 Å². The van der Waals surface area contributed by atoms with Crippen LogP contribution in [-0.4, -0.2) is 0 Å². The Kier molecular flexibility index (Phi) is 3.17. The molecule has 0 spiro atoms. The molecule has 0 unspecified atom stereocenters. The van der Waals surface area contributed by atoms with Gasteiger partial charge in [0.2, 0.25) is 0 Å². The van der Waals surface area contributed by atoms with Crippen LogP contribution in [-0.2, 0) is 0 Å². The largest absolute Gasteiger partial charge is 0.192 e. The molecule has 84 valence electrons. The second kappa shape index (κ2) is 4.61. The normalized spacial score (nSPS) is 10.0. The van der Waals surface area contributed by atoms with Gasteiger partial charge < -0.3 is 0 Å². The van der Waals surface area contributed by atoms with Gasteiger partial charge in [-0.05, 0) is 37.1 Å². The van der Waals surface area contributed by atoms with Crippen LogP contribution in [0.3, 0.4) is 0 Å². The molecule has 2 heteroatoms. The van der Waals surface area contributed by atoms with Crippen molar-refractivity contribution in [2.45, 2.75) is 13.8 Å². The summed E-state index contributed by atoms with van der Waals surface area (Å²) in [5, 5.41) is 9.43. The molecule has 2 aromatic rings. The van der Waals surface area contributed by atoms with Gasteiger partial charge in [-0.3, -0.25) is 0 Å². The van der Waals surface area contributed by atoms with E-state index in [1.54, 1.807) is 12.1 Å². The Bertz CT molecular complexity index is 609. The Morgan fingerprint density at radius 1 is 1.00 bits per heavy atom. The lowest BCUT2D eigenvalue weighted by Gasteiger charge is -2.09. The molecule has 0 saturated heterocycles. The van der Waals surface area contributed by atoms with Gasteiger partial charge in [0, 0.05) is 10.6 Å². The summed E-state index contributed by atoms with van der Waals surface area (Å²) < 4.78 is 0. The van der Waals surface area contributed by atoms with Gasteiger partial charge in [-0.15, -0.1) is 0 Å². The van der Waals surface area contributed by atoms with Crippen LogP contribution in [0.5, 0.6) is 0 Å². The summed E-state index contributed by atoms with van der Waals surface area (Å²) >= 11 is 6.20. The number of aryl methyl sites for hydroxylation is 2. The third-order valence-electron chi connectivity index (χ3n) is 2.77. The molecule has 17 heavy (non-hydrogen) atoms. The van der Waals surface area contributed by atoms with E-state index in [0.717, 1.165) is 11.1 Å². The van der Waals surface area contributed by atoms with Gasteiger partial charge in [-0.1, -0.05) is 41.4 Å². The third-order valence-corrected chi connectivity index (χ3v) is 3.08. The summed E-state index contributed by atoms with van der Waals surface area (Å²) in [6, 6.07) is 13.7. The Morgan fingerprint density at radius 3 is 2.29 bits per heavy atom. The van der Waals surface area contributed by atoms with Gasteiger partial charge in [0.15, 0.2) is 0 Å². The van der Waals surface area contributed by atoms with Gasteiger partial charge in [-0.2, -0.15) is 5.26 Å². The molecule has 0 amide bonds. The number of hydrogen-bond donors (Lipinski definition) is 0. The molecule has 0 fully saturated rings. The van der Waals surface area contributed by atoms with Crippen molar-refractivity contribution in [3.63, 3.8) is 0 Å². The lowest BCUT2D eigenvalue weighted by Crippen LogP contribution is -1.86. The number of rotatable bonds is 1. The summed E-state index contributed by atoms with van der Waals surface area (Å²) in [7, 11) is 0. The molecule has 1 nitrogen and oxygen atoms in total. The maximum Gasteiger partial charge on any atom is 0.0992 e. The summed E-state index contributed by atoms with van der Waals surface area (Å²) in [6.07, 6.45) is 0. The van der Waals surface area contributed by atoms with Crippen molar-refractivity contribution in [2.24, 2.45) is 0 Å². The van der Waals surface area contributed by atoms with Gasteiger partial charge >= 0.3 is 0 Å². The number of nitriles is 1. The topological polar surface area (TPSA) is 23.8 Å². The monoisotopic (exact) mass is 241 g/mol. The first-order valence-corrected chi connectivity index (χ1v) is 5.77. The minimum atomic E-state index is 0.587. The van der Waals surface area contributed by atoms with Crippen LogP contribution < -0.4 is 0 Å². The standard InChI is InChI=1S/C15H12ClN/c1-10-3-5-13(11(2)7-10)14-6-4-12(9-17)8-15(14)16/h3-8H,1-2H3. The minimum absolute atomic E-state index is 0.587. The fourth-order valence-electron chi connectivity index (χ4n) is 1.92. The highest BCUT2D eigenvalue weighted by Crippen LogP contribution is 2.31. The van der Waals surface area contributed by atoms with Crippen LogP contribution in [0.4, 0.5) is 0 Å². The molecule has 0 bridgehead atoms. The second-order valence-corrected chi connectivity index (χ2v) is 4.53. The molecule has 0 N–H and O–H groups in total. The molecule has 0 aliphatic rings. The third kappa shape index (κ3) is 2.33. The molecular formula is C15H12ClN. The first-order valence-electron chi connectivity index (χ1n) is 5.39. The highest BCUT2D eigenvalue weighted by molar-refractivity contribution is 6.33. The van der Waals surface area contributed by atoms with Crippen molar-refractivity contribution in [1.29, 1.82) is 5.26 Å². The molecule has 0 saturated carbocycles. The molecule has 0 aliphatic heterocycles. The van der Waals surface area contributed by atoms with Crippen LogP contribution >= 0.6 is 11.6 Å². The Morgan fingerprint density at radius 2 is 1.71 bits per heavy atom. The predicted molar refractivity (Wildman–Crippen MR) is 71.1 cm³/mol. The Hall–Kier alpha value is -1.78. The van der Waals surface area contributed by atoms with E-state index in [1.165, 1.54) is 11.1 Å².